The number of fused-ring (bicyclic) bond motifs is 3. The smallest absolute Gasteiger partial charge is 0.407 e. The van der Waals surface area contributed by atoms with Crippen LogP contribution in [0.2, 0.25) is 0 Å². The zero-order valence-corrected chi connectivity index (χ0v) is 20.3. The van der Waals surface area contributed by atoms with Crippen molar-refractivity contribution in [2.24, 2.45) is 5.92 Å². The second kappa shape index (κ2) is 10.7. The first-order valence-corrected chi connectivity index (χ1v) is 11.7. The molecule has 0 aromatic heterocycles. The van der Waals surface area contributed by atoms with E-state index in [0.29, 0.717) is 13.0 Å². The quantitative estimate of drug-likeness (QED) is 0.561. The predicted octanol–water partition coefficient (Wildman–Crippen LogP) is 4.65. The van der Waals surface area contributed by atoms with Gasteiger partial charge in [-0.1, -0.05) is 55.5 Å². The maximum absolute atomic E-state index is 12.9. The number of carboxylic acid groups (broad SMARTS) is 1. The molecular weight excluding hydrogens is 432 g/mol. The summed E-state index contributed by atoms with van der Waals surface area (Å²) in [5.41, 5.74) is 4.16. The number of ether oxygens (including phenoxy) is 1. The molecule has 0 saturated carbocycles. The van der Waals surface area contributed by atoms with E-state index in [4.69, 9.17) is 9.84 Å². The third-order valence-corrected chi connectivity index (χ3v) is 6.24. The van der Waals surface area contributed by atoms with Crippen LogP contribution in [0.3, 0.4) is 0 Å². The minimum atomic E-state index is -0.938. The molecule has 1 atom stereocenters. The van der Waals surface area contributed by atoms with Crippen molar-refractivity contribution in [3.63, 3.8) is 0 Å². The average Bonchev–Trinajstić information content (AvgIpc) is 3.10. The van der Waals surface area contributed by atoms with Crippen molar-refractivity contribution in [2.75, 3.05) is 19.7 Å². The molecule has 0 radical (unpaired) electrons. The largest absolute Gasteiger partial charge is 0.481 e. The summed E-state index contributed by atoms with van der Waals surface area (Å²) in [5, 5.41) is 11.7. The number of carboxylic acids is 1. The SMILES string of the molecule is CC(CCNC(=O)OCC1c2ccccc2-c2ccccc21)C(=O)N(CCC(=O)O)C(C)(C)C. The van der Waals surface area contributed by atoms with Gasteiger partial charge in [0.15, 0.2) is 0 Å². The van der Waals surface area contributed by atoms with Gasteiger partial charge in [0.1, 0.15) is 6.61 Å². The van der Waals surface area contributed by atoms with Crippen molar-refractivity contribution in [2.45, 2.75) is 52.0 Å². The van der Waals surface area contributed by atoms with Gasteiger partial charge >= 0.3 is 12.1 Å². The fourth-order valence-electron chi connectivity index (χ4n) is 4.41. The van der Waals surface area contributed by atoms with Crippen molar-refractivity contribution >= 4 is 18.0 Å². The lowest BCUT2D eigenvalue weighted by molar-refractivity contribution is -0.143. The highest BCUT2D eigenvalue weighted by atomic mass is 16.5. The van der Waals surface area contributed by atoms with Crippen LogP contribution in [0.4, 0.5) is 4.79 Å². The summed E-state index contributed by atoms with van der Waals surface area (Å²) >= 11 is 0. The van der Waals surface area contributed by atoms with E-state index in [1.54, 1.807) is 11.8 Å². The van der Waals surface area contributed by atoms with E-state index < -0.39 is 17.6 Å². The number of hydrogen-bond donors (Lipinski definition) is 2. The molecule has 2 aromatic carbocycles. The number of carbonyl (C=O) groups excluding carboxylic acids is 2. The fraction of sp³-hybridized carbons (Fsp3) is 0.444. The van der Waals surface area contributed by atoms with Crippen LogP contribution in [0.15, 0.2) is 48.5 Å². The lowest BCUT2D eigenvalue weighted by Crippen LogP contribution is -2.49. The maximum Gasteiger partial charge on any atom is 0.407 e. The normalized spacial score (nSPS) is 13.5. The number of alkyl carbamates (subject to hydrolysis) is 1. The van der Waals surface area contributed by atoms with E-state index in [0.717, 1.165) is 11.1 Å². The number of hydrogen-bond acceptors (Lipinski definition) is 4. The van der Waals surface area contributed by atoms with E-state index in [9.17, 15) is 14.4 Å². The van der Waals surface area contributed by atoms with Gasteiger partial charge < -0.3 is 20.1 Å². The van der Waals surface area contributed by atoms with E-state index in [2.05, 4.69) is 29.6 Å². The second-order valence-electron chi connectivity index (χ2n) is 9.75. The Morgan fingerprint density at radius 2 is 1.59 bits per heavy atom. The van der Waals surface area contributed by atoms with Crippen LogP contribution < -0.4 is 5.32 Å². The summed E-state index contributed by atoms with van der Waals surface area (Å²) < 4.78 is 5.54. The number of nitrogens with zero attached hydrogens (tertiary/aromatic N) is 1. The van der Waals surface area contributed by atoms with Crippen LogP contribution in [-0.2, 0) is 14.3 Å². The molecule has 0 fully saturated rings. The summed E-state index contributed by atoms with van der Waals surface area (Å²) in [5.74, 6) is -1.43. The molecule has 0 heterocycles. The highest BCUT2D eigenvalue weighted by Crippen LogP contribution is 2.44. The lowest BCUT2D eigenvalue weighted by Gasteiger charge is -2.37. The summed E-state index contributed by atoms with van der Waals surface area (Å²) in [7, 11) is 0. The van der Waals surface area contributed by atoms with Gasteiger partial charge in [-0.05, 0) is 49.4 Å². The third-order valence-electron chi connectivity index (χ3n) is 6.24. The van der Waals surface area contributed by atoms with Crippen LogP contribution in [-0.4, -0.2) is 53.2 Å². The Hall–Kier alpha value is -3.35. The predicted molar refractivity (Wildman–Crippen MR) is 131 cm³/mol. The third kappa shape index (κ3) is 5.95. The first kappa shape index (κ1) is 25.3. The zero-order valence-electron chi connectivity index (χ0n) is 20.3. The minimum Gasteiger partial charge on any atom is -0.481 e. The van der Waals surface area contributed by atoms with E-state index in [-0.39, 0.29) is 37.3 Å². The Morgan fingerprint density at radius 1 is 1.03 bits per heavy atom. The Labute approximate surface area is 201 Å². The topological polar surface area (TPSA) is 95.9 Å². The monoisotopic (exact) mass is 466 g/mol. The average molecular weight is 467 g/mol. The maximum atomic E-state index is 12.9. The Bertz CT molecular complexity index is 998. The molecule has 0 aliphatic heterocycles. The minimum absolute atomic E-state index is 0.00627. The Kier molecular flexibility index (Phi) is 7.97. The van der Waals surface area contributed by atoms with Crippen molar-refractivity contribution < 1.29 is 24.2 Å². The molecule has 1 unspecified atom stereocenters. The van der Waals surface area contributed by atoms with Gasteiger partial charge in [-0.2, -0.15) is 0 Å². The molecular formula is C27H34N2O5. The molecule has 2 N–H and O–H groups in total. The number of carbonyl (C=O) groups is 3. The molecule has 2 amide bonds. The van der Waals surface area contributed by atoms with Crippen LogP contribution in [0.5, 0.6) is 0 Å². The standard InChI is InChI=1S/C27H34N2O5/c1-18(25(32)29(27(2,3)4)16-14-24(30)31)13-15-28-26(33)34-17-23-21-11-7-5-9-19(21)20-10-6-8-12-22(20)23/h5-12,18,23H,13-17H2,1-4H3,(H,28,33)(H,30,31). The lowest BCUT2D eigenvalue weighted by atomic mass is 9.98. The molecule has 3 rings (SSSR count). The van der Waals surface area contributed by atoms with Gasteiger partial charge in [0.25, 0.3) is 0 Å². The van der Waals surface area contributed by atoms with E-state index in [1.807, 2.05) is 45.0 Å². The summed E-state index contributed by atoms with van der Waals surface area (Å²) in [6, 6.07) is 16.3. The van der Waals surface area contributed by atoms with Crippen molar-refractivity contribution in [1.82, 2.24) is 10.2 Å². The van der Waals surface area contributed by atoms with Crippen molar-refractivity contribution in [3.8, 4) is 11.1 Å². The van der Waals surface area contributed by atoms with Gasteiger partial charge in [-0.3, -0.25) is 9.59 Å². The number of benzene rings is 2. The first-order valence-electron chi connectivity index (χ1n) is 11.7. The molecule has 1 aliphatic carbocycles. The number of amides is 2. The highest BCUT2D eigenvalue weighted by molar-refractivity contribution is 5.80. The fourth-order valence-corrected chi connectivity index (χ4v) is 4.41. The number of rotatable bonds is 9. The van der Waals surface area contributed by atoms with Crippen LogP contribution >= 0.6 is 0 Å². The molecule has 7 nitrogen and oxygen atoms in total. The molecule has 0 spiro atoms. The van der Waals surface area contributed by atoms with E-state index >= 15 is 0 Å². The van der Waals surface area contributed by atoms with Gasteiger partial charge in [0, 0.05) is 30.5 Å². The van der Waals surface area contributed by atoms with Gasteiger partial charge in [-0.15, -0.1) is 0 Å². The molecule has 34 heavy (non-hydrogen) atoms. The van der Waals surface area contributed by atoms with Gasteiger partial charge in [0.2, 0.25) is 5.91 Å². The number of aliphatic carboxylic acids is 1. The highest BCUT2D eigenvalue weighted by Gasteiger charge is 2.31. The van der Waals surface area contributed by atoms with Crippen LogP contribution in [0, 0.1) is 5.92 Å². The molecule has 0 bridgehead atoms. The van der Waals surface area contributed by atoms with Crippen molar-refractivity contribution in [1.29, 1.82) is 0 Å². The van der Waals surface area contributed by atoms with E-state index in [1.165, 1.54) is 11.1 Å². The summed E-state index contributed by atoms with van der Waals surface area (Å²) in [6.45, 7) is 8.13. The molecule has 7 heteroatoms. The number of nitrogens with one attached hydrogen (secondary N) is 1. The Morgan fingerprint density at radius 3 is 2.12 bits per heavy atom. The Balaban J connectivity index is 1.50. The van der Waals surface area contributed by atoms with Crippen LogP contribution in [0.1, 0.15) is 57.6 Å². The van der Waals surface area contributed by atoms with Gasteiger partial charge in [0.05, 0.1) is 6.42 Å². The summed E-state index contributed by atoms with van der Waals surface area (Å²) in [4.78, 5) is 37.8. The molecule has 182 valence electrons. The van der Waals surface area contributed by atoms with Crippen molar-refractivity contribution in [3.05, 3.63) is 59.7 Å². The van der Waals surface area contributed by atoms with Crippen LogP contribution in [0.25, 0.3) is 11.1 Å². The second-order valence-corrected chi connectivity index (χ2v) is 9.75. The molecule has 1 aliphatic rings. The molecule has 0 saturated heterocycles. The zero-order chi connectivity index (χ0) is 24.9. The summed E-state index contributed by atoms with van der Waals surface area (Å²) in [6.07, 6.45) is -0.184. The van der Waals surface area contributed by atoms with Gasteiger partial charge in [-0.25, -0.2) is 4.79 Å². The molecule has 2 aromatic rings. The first-order chi connectivity index (χ1) is 16.1.